The molecule has 0 saturated carbocycles. The molecule has 0 aliphatic carbocycles. The van der Waals surface area contributed by atoms with E-state index in [1.165, 1.54) is 6.07 Å². The van der Waals surface area contributed by atoms with Crippen LogP contribution in [-0.2, 0) is 4.79 Å². The number of carbonyl (C=O) groups is 1. The van der Waals surface area contributed by atoms with Gasteiger partial charge < -0.3 is 11.1 Å². The molecular formula is C13H19FN2O. The SMILES string of the molecule is CCCC(N)CC(=O)Nc1c(C)cccc1F. The van der Waals surface area contributed by atoms with Gasteiger partial charge in [0.25, 0.3) is 0 Å². The molecule has 3 N–H and O–H groups in total. The summed E-state index contributed by atoms with van der Waals surface area (Å²) in [5, 5.41) is 2.57. The Bertz CT molecular complexity index is 373. The van der Waals surface area contributed by atoms with Gasteiger partial charge in [-0.3, -0.25) is 4.79 Å². The first kappa shape index (κ1) is 13.6. The van der Waals surface area contributed by atoms with Gasteiger partial charge in [0.15, 0.2) is 0 Å². The third-order valence-corrected chi connectivity index (χ3v) is 2.59. The minimum Gasteiger partial charge on any atom is -0.327 e. The van der Waals surface area contributed by atoms with Crippen LogP contribution in [0.25, 0.3) is 0 Å². The molecule has 0 spiro atoms. The highest BCUT2D eigenvalue weighted by atomic mass is 19.1. The lowest BCUT2D eigenvalue weighted by atomic mass is 10.1. The van der Waals surface area contributed by atoms with Gasteiger partial charge in [0.1, 0.15) is 5.82 Å². The topological polar surface area (TPSA) is 55.1 Å². The van der Waals surface area contributed by atoms with Crippen molar-refractivity contribution in [3.63, 3.8) is 0 Å². The van der Waals surface area contributed by atoms with Crippen molar-refractivity contribution in [1.82, 2.24) is 0 Å². The molecule has 94 valence electrons. The highest BCUT2D eigenvalue weighted by molar-refractivity contribution is 5.91. The van der Waals surface area contributed by atoms with E-state index in [1.54, 1.807) is 19.1 Å². The normalized spacial score (nSPS) is 12.2. The lowest BCUT2D eigenvalue weighted by Crippen LogP contribution is -2.27. The Kier molecular flexibility index (Phi) is 5.10. The summed E-state index contributed by atoms with van der Waals surface area (Å²) < 4.78 is 13.5. The second-order valence-corrected chi connectivity index (χ2v) is 4.23. The summed E-state index contributed by atoms with van der Waals surface area (Å²) in [5.41, 5.74) is 6.72. The number of hydrogen-bond acceptors (Lipinski definition) is 2. The molecule has 0 aromatic heterocycles. The van der Waals surface area contributed by atoms with Crippen molar-refractivity contribution in [2.45, 2.75) is 39.2 Å². The number of halogens is 1. The van der Waals surface area contributed by atoms with Crippen LogP contribution in [-0.4, -0.2) is 11.9 Å². The minimum atomic E-state index is -0.414. The van der Waals surface area contributed by atoms with Gasteiger partial charge in [-0.2, -0.15) is 0 Å². The van der Waals surface area contributed by atoms with Crippen LogP contribution in [0.5, 0.6) is 0 Å². The molecule has 0 aliphatic heterocycles. The van der Waals surface area contributed by atoms with Crippen LogP contribution in [0.15, 0.2) is 18.2 Å². The molecule has 1 unspecified atom stereocenters. The molecule has 0 radical (unpaired) electrons. The molecule has 1 aromatic carbocycles. The summed E-state index contributed by atoms with van der Waals surface area (Å²) in [4.78, 5) is 11.6. The number of nitrogens with two attached hydrogens (primary N) is 1. The molecule has 1 rings (SSSR count). The number of benzene rings is 1. The fourth-order valence-electron chi connectivity index (χ4n) is 1.69. The molecule has 0 aliphatic rings. The van der Waals surface area contributed by atoms with E-state index in [1.807, 2.05) is 6.92 Å². The van der Waals surface area contributed by atoms with E-state index in [2.05, 4.69) is 5.32 Å². The van der Waals surface area contributed by atoms with Crippen LogP contribution < -0.4 is 11.1 Å². The predicted molar refractivity (Wildman–Crippen MR) is 67.3 cm³/mol. The molecule has 1 aromatic rings. The highest BCUT2D eigenvalue weighted by Crippen LogP contribution is 2.19. The van der Waals surface area contributed by atoms with Gasteiger partial charge in [-0.15, -0.1) is 0 Å². The fraction of sp³-hybridized carbons (Fsp3) is 0.462. The van der Waals surface area contributed by atoms with E-state index >= 15 is 0 Å². The highest BCUT2D eigenvalue weighted by Gasteiger charge is 2.12. The van der Waals surface area contributed by atoms with E-state index in [9.17, 15) is 9.18 Å². The standard InChI is InChI=1S/C13H19FN2O/c1-3-5-10(15)8-12(17)16-13-9(2)6-4-7-11(13)14/h4,6-7,10H,3,5,8,15H2,1-2H3,(H,16,17). The Balaban J connectivity index is 2.62. The second-order valence-electron chi connectivity index (χ2n) is 4.23. The number of nitrogens with one attached hydrogen (secondary N) is 1. The lowest BCUT2D eigenvalue weighted by molar-refractivity contribution is -0.116. The summed E-state index contributed by atoms with van der Waals surface area (Å²) in [7, 11) is 0. The Morgan fingerprint density at radius 3 is 2.82 bits per heavy atom. The van der Waals surface area contributed by atoms with Crippen molar-refractivity contribution >= 4 is 11.6 Å². The van der Waals surface area contributed by atoms with E-state index in [-0.39, 0.29) is 24.1 Å². The third kappa shape index (κ3) is 4.15. The van der Waals surface area contributed by atoms with Gasteiger partial charge in [0.2, 0.25) is 5.91 Å². The summed E-state index contributed by atoms with van der Waals surface area (Å²) in [6, 6.07) is 4.54. The zero-order valence-corrected chi connectivity index (χ0v) is 10.3. The first-order valence-electron chi connectivity index (χ1n) is 5.85. The van der Waals surface area contributed by atoms with E-state index < -0.39 is 5.82 Å². The maximum atomic E-state index is 13.5. The minimum absolute atomic E-state index is 0.160. The first-order chi connectivity index (χ1) is 8.04. The second kappa shape index (κ2) is 6.35. The third-order valence-electron chi connectivity index (χ3n) is 2.59. The predicted octanol–water partition coefficient (Wildman–Crippen LogP) is 2.59. The zero-order chi connectivity index (χ0) is 12.8. The van der Waals surface area contributed by atoms with Crippen LogP contribution in [0.4, 0.5) is 10.1 Å². The molecule has 0 heterocycles. The molecule has 0 saturated heterocycles. The van der Waals surface area contributed by atoms with Gasteiger partial charge in [-0.05, 0) is 25.0 Å². The fourth-order valence-corrected chi connectivity index (χ4v) is 1.69. The quantitative estimate of drug-likeness (QED) is 0.828. The van der Waals surface area contributed by atoms with Crippen LogP contribution in [0.3, 0.4) is 0 Å². The van der Waals surface area contributed by atoms with E-state index in [4.69, 9.17) is 5.73 Å². The Labute approximate surface area is 101 Å². The molecule has 1 amide bonds. The van der Waals surface area contributed by atoms with Gasteiger partial charge in [-0.1, -0.05) is 25.5 Å². The average Bonchev–Trinajstić information content (AvgIpc) is 2.24. The van der Waals surface area contributed by atoms with Crippen LogP contribution >= 0.6 is 0 Å². The van der Waals surface area contributed by atoms with Crippen molar-refractivity contribution in [1.29, 1.82) is 0 Å². The Hall–Kier alpha value is -1.42. The summed E-state index contributed by atoms with van der Waals surface area (Å²) in [6.45, 7) is 3.77. The molecule has 3 nitrogen and oxygen atoms in total. The smallest absolute Gasteiger partial charge is 0.226 e. The number of amides is 1. The number of para-hydroxylation sites is 1. The summed E-state index contributed by atoms with van der Waals surface area (Å²) >= 11 is 0. The van der Waals surface area contributed by atoms with Crippen LogP contribution in [0.2, 0.25) is 0 Å². The maximum absolute atomic E-state index is 13.5. The van der Waals surface area contributed by atoms with E-state index in [0.717, 1.165) is 12.8 Å². The maximum Gasteiger partial charge on any atom is 0.226 e. The van der Waals surface area contributed by atoms with Gasteiger partial charge in [-0.25, -0.2) is 4.39 Å². The number of rotatable bonds is 5. The molecule has 4 heteroatoms. The monoisotopic (exact) mass is 238 g/mol. The molecule has 17 heavy (non-hydrogen) atoms. The zero-order valence-electron chi connectivity index (χ0n) is 10.3. The molecule has 0 bridgehead atoms. The number of aryl methyl sites for hydroxylation is 1. The Morgan fingerprint density at radius 1 is 1.53 bits per heavy atom. The van der Waals surface area contributed by atoms with Crippen molar-refractivity contribution in [3.05, 3.63) is 29.6 Å². The van der Waals surface area contributed by atoms with E-state index in [0.29, 0.717) is 5.56 Å². The number of hydrogen-bond donors (Lipinski definition) is 2. The van der Waals surface area contributed by atoms with Gasteiger partial charge in [0.05, 0.1) is 5.69 Å². The summed E-state index contributed by atoms with van der Waals surface area (Å²) in [5.74, 6) is -0.651. The summed E-state index contributed by atoms with van der Waals surface area (Å²) in [6.07, 6.45) is 1.96. The molecular weight excluding hydrogens is 219 g/mol. The van der Waals surface area contributed by atoms with Crippen LogP contribution in [0, 0.1) is 12.7 Å². The van der Waals surface area contributed by atoms with Crippen molar-refractivity contribution in [2.24, 2.45) is 5.73 Å². The molecule has 1 atom stereocenters. The number of anilines is 1. The van der Waals surface area contributed by atoms with Crippen molar-refractivity contribution in [3.8, 4) is 0 Å². The Morgan fingerprint density at radius 2 is 2.24 bits per heavy atom. The molecule has 0 fully saturated rings. The van der Waals surface area contributed by atoms with Crippen LogP contribution in [0.1, 0.15) is 31.7 Å². The number of carbonyl (C=O) groups excluding carboxylic acids is 1. The lowest BCUT2D eigenvalue weighted by Gasteiger charge is -2.12. The van der Waals surface area contributed by atoms with Gasteiger partial charge in [0, 0.05) is 12.5 Å². The van der Waals surface area contributed by atoms with Crippen molar-refractivity contribution in [2.75, 3.05) is 5.32 Å². The van der Waals surface area contributed by atoms with Crippen molar-refractivity contribution < 1.29 is 9.18 Å². The average molecular weight is 238 g/mol. The largest absolute Gasteiger partial charge is 0.327 e. The van der Waals surface area contributed by atoms with Gasteiger partial charge >= 0.3 is 0 Å². The first-order valence-corrected chi connectivity index (χ1v) is 5.85.